The minimum absolute atomic E-state index is 0.104. The van der Waals surface area contributed by atoms with Gasteiger partial charge in [-0.15, -0.1) is 0 Å². The van der Waals surface area contributed by atoms with Gasteiger partial charge in [0.25, 0.3) is 0 Å². The molecule has 0 saturated heterocycles. The van der Waals surface area contributed by atoms with Gasteiger partial charge < -0.3 is 15.9 Å². The molecular formula is C21H18N2O4. The SMILES string of the molecule is NC(=O)C[C@@H](NCc1cc2ccc3cccc4ccc(c1O)c2c34)C(=O)O. The van der Waals surface area contributed by atoms with Crippen molar-refractivity contribution in [2.75, 3.05) is 0 Å². The lowest BCUT2D eigenvalue weighted by atomic mass is 9.92. The molecule has 0 spiro atoms. The number of hydrogen-bond donors (Lipinski definition) is 4. The Morgan fingerprint density at radius 2 is 1.67 bits per heavy atom. The minimum Gasteiger partial charge on any atom is -0.507 e. The summed E-state index contributed by atoms with van der Waals surface area (Å²) in [5, 5.41) is 28.8. The molecular weight excluding hydrogens is 344 g/mol. The van der Waals surface area contributed by atoms with Crippen LogP contribution in [0.5, 0.6) is 5.75 Å². The van der Waals surface area contributed by atoms with E-state index in [9.17, 15) is 19.8 Å². The van der Waals surface area contributed by atoms with Crippen LogP contribution in [0.25, 0.3) is 32.3 Å². The minimum atomic E-state index is -1.16. The fraction of sp³-hybridized carbons (Fsp3) is 0.143. The number of carbonyl (C=O) groups is 2. The molecule has 0 heterocycles. The van der Waals surface area contributed by atoms with Crippen molar-refractivity contribution in [3.05, 3.63) is 54.1 Å². The number of aliphatic carboxylic acids is 1. The van der Waals surface area contributed by atoms with Gasteiger partial charge in [0, 0.05) is 22.9 Å². The molecule has 0 aliphatic rings. The van der Waals surface area contributed by atoms with E-state index in [0.29, 0.717) is 5.56 Å². The first-order chi connectivity index (χ1) is 13.0. The Labute approximate surface area is 154 Å². The molecule has 0 radical (unpaired) electrons. The van der Waals surface area contributed by atoms with E-state index in [-0.39, 0.29) is 18.7 Å². The van der Waals surface area contributed by atoms with Gasteiger partial charge in [-0.05, 0) is 33.7 Å². The van der Waals surface area contributed by atoms with E-state index in [1.807, 2.05) is 48.5 Å². The third-order valence-electron chi connectivity index (χ3n) is 4.94. The zero-order valence-electron chi connectivity index (χ0n) is 14.4. The smallest absolute Gasteiger partial charge is 0.321 e. The Kier molecular flexibility index (Phi) is 4.05. The number of benzene rings is 4. The maximum Gasteiger partial charge on any atom is 0.321 e. The molecule has 4 rings (SSSR count). The maximum absolute atomic E-state index is 11.3. The fourth-order valence-electron chi connectivity index (χ4n) is 3.67. The van der Waals surface area contributed by atoms with Gasteiger partial charge >= 0.3 is 5.97 Å². The molecule has 136 valence electrons. The van der Waals surface area contributed by atoms with Gasteiger partial charge in [-0.2, -0.15) is 0 Å². The molecule has 0 bridgehead atoms. The van der Waals surface area contributed by atoms with Gasteiger partial charge in [0.05, 0.1) is 6.42 Å². The third kappa shape index (κ3) is 2.90. The predicted molar refractivity (Wildman–Crippen MR) is 104 cm³/mol. The zero-order valence-corrected chi connectivity index (χ0v) is 14.4. The fourth-order valence-corrected chi connectivity index (χ4v) is 3.67. The molecule has 0 aliphatic carbocycles. The van der Waals surface area contributed by atoms with Crippen molar-refractivity contribution in [3.63, 3.8) is 0 Å². The van der Waals surface area contributed by atoms with Crippen LogP contribution in [0.1, 0.15) is 12.0 Å². The van der Waals surface area contributed by atoms with Gasteiger partial charge in [-0.25, -0.2) is 0 Å². The summed E-state index contributed by atoms with van der Waals surface area (Å²) in [5.41, 5.74) is 5.67. The van der Waals surface area contributed by atoms with E-state index in [0.717, 1.165) is 32.3 Å². The molecule has 0 unspecified atom stereocenters. The highest BCUT2D eigenvalue weighted by atomic mass is 16.4. The van der Waals surface area contributed by atoms with Crippen molar-refractivity contribution < 1.29 is 19.8 Å². The van der Waals surface area contributed by atoms with E-state index in [1.165, 1.54) is 0 Å². The number of rotatable bonds is 6. The first-order valence-electron chi connectivity index (χ1n) is 8.58. The van der Waals surface area contributed by atoms with Gasteiger partial charge in [0.2, 0.25) is 5.91 Å². The van der Waals surface area contributed by atoms with Crippen molar-refractivity contribution >= 4 is 44.2 Å². The second kappa shape index (κ2) is 6.41. The monoisotopic (exact) mass is 362 g/mol. The number of aromatic hydroxyl groups is 1. The van der Waals surface area contributed by atoms with Crippen LogP contribution in [0.15, 0.2) is 48.5 Å². The van der Waals surface area contributed by atoms with E-state index in [1.54, 1.807) is 0 Å². The molecule has 4 aromatic rings. The van der Waals surface area contributed by atoms with Crippen LogP contribution < -0.4 is 11.1 Å². The quantitative estimate of drug-likeness (QED) is 0.394. The number of phenols is 1. The van der Waals surface area contributed by atoms with Crippen LogP contribution in [-0.4, -0.2) is 28.1 Å². The number of nitrogens with one attached hydrogen (secondary N) is 1. The summed E-state index contributed by atoms with van der Waals surface area (Å²) in [4.78, 5) is 22.3. The second-order valence-corrected chi connectivity index (χ2v) is 6.68. The maximum atomic E-state index is 11.3. The molecule has 6 nitrogen and oxygen atoms in total. The average Bonchev–Trinajstić information content (AvgIpc) is 2.64. The standard InChI is InChI=1S/C21H18N2O4/c22-17(24)9-16(21(26)27)23-10-14-8-13-5-4-11-2-1-3-12-6-7-15(20(14)25)19(13)18(11)12/h1-8,16,23,25H,9-10H2,(H2,22,24)(H,26,27)/t16-/m1/s1. The number of hydrogen-bond acceptors (Lipinski definition) is 4. The Morgan fingerprint density at radius 1 is 1.00 bits per heavy atom. The average molecular weight is 362 g/mol. The number of primary amides is 1. The number of phenolic OH excluding ortho intramolecular Hbond substituents is 1. The highest BCUT2D eigenvalue weighted by Gasteiger charge is 2.21. The highest BCUT2D eigenvalue weighted by molar-refractivity contribution is 6.24. The molecule has 0 aromatic heterocycles. The number of amides is 1. The van der Waals surface area contributed by atoms with Crippen molar-refractivity contribution in [1.82, 2.24) is 5.32 Å². The summed E-state index contributed by atoms with van der Waals surface area (Å²) in [6.45, 7) is 0.104. The highest BCUT2D eigenvalue weighted by Crippen LogP contribution is 2.40. The molecule has 27 heavy (non-hydrogen) atoms. The predicted octanol–water partition coefficient (Wildman–Crippen LogP) is 2.71. The Hall–Kier alpha value is -3.38. The topological polar surface area (TPSA) is 113 Å². The van der Waals surface area contributed by atoms with Gasteiger partial charge in [0.15, 0.2) is 0 Å². The lowest BCUT2D eigenvalue weighted by Gasteiger charge is -2.17. The van der Waals surface area contributed by atoms with E-state index in [2.05, 4.69) is 5.32 Å². The first kappa shape index (κ1) is 17.1. The third-order valence-corrected chi connectivity index (χ3v) is 4.94. The number of carboxylic acid groups (broad SMARTS) is 1. The molecule has 1 amide bonds. The summed E-state index contributed by atoms with van der Waals surface area (Å²) in [7, 11) is 0. The van der Waals surface area contributed by atoms with Crippen LogP contribution in [0.3, 0.4) is 0 Å². The summed E-state index contributed by atoms with van der Waals surface area (Å²) in [6.07, 6.45) is -0.315. The molecule has 5 N–H and O–H groups in total. The van der Waals surface area contributed by atoms with Crippen molar-refractivity contribution in [1.29, 1.82) is 0 Å². The van der Waals surface area contributed by atoms with Crippen molar-refractivity contribution in [2.24, 2.45) is 5.73 Å². The second-order valence-electron chi connectivity index (χ2n) is 6.68. The van der Waals surface area contributed by atoms with Gasteiger partial charge in [0.1, 0.15) is 11.8 Å². The molecule has 0 saturated carbocycles. The molecule has 1 atom stereocenters. The normalized spacial score (nSPS) is 12.7. The van der Waals surface area contributed by atoms with E-state index < -0.39 is 17.9 Å². The summed E-state index contributed by atoms with van der Waals surface area (Å²) < 4.78 is 0. The number of carbonyl (C=O) groups excluding carboxylic acids is 1. The Balaban J connectivity index is 1.79. The molecule has 0 fully saturated rings. The summed E-state index contributed by atoms with van der Waals surface area (Å²) >= 11 is 0. The first-order valence-corrected chi connectivity index (χ1v) is 8.58. The van der Waals surface area contributed by atoms with Crippen LogP contribution in [-0.2, 0) is 16.1 Å². The molecule has 4 aromatic carbocycles. The lowest BCUT2D eigenvalue weighted by Crippen LogP contribution is -2.39. The zero-order chi connectivity index (χ0) is 19.1. The van der Waals surface area contributed by atoms with Gasteiger partial charge in [-0.1, -0.05) is 36.4 Å². The number of nitrogens with two attached hydrogens (primary N) is 1. The molecule has 6 heteroatoms. The Morgan fingerprint density at radius 3 is 2.33 bits per heavy atom. The summed E-state index contributed by atoms with van der Waals surface area (Å²) in [6, 6.07) is 14.7. The van der Waals surface area contributed by atoms with E-state index in [4.69, 9.17) is 5.73 Å². The Bertz CT molecular complexity index is 1170. The largest absolute Gasteiger partial charge is 0.507 e. The van der Waals surface area contributed by atoms with Gasteiger partial charge in [-0.3, -0.25) is 14.9 Å². The van der Waals surface area contributed by atoms with Crippen LogP contribution in [0.2, 0.25) is 0 Å². The van der Waals surface area contributed by atoms with Crippen LogP contribution in [0.4, 0.5) is 0 Å². The molecule has 0 aliphatic heterocycles. The summed E-state index contributed by atoms with van der Waals surface area (Å²) in [5.74, 6) is -1.75. The van der Waals surface area contributed by atoms with E-state index >= 15 is 0 Å². The number of carboxylic acids is 1. The van der Waals surface area contributed by atoms with Crippen LogP contribution in [0, 0.1) is 0 Å². The van der Waals surface area contributed by atoms with Crippen LogP contribution >= 0.6 is 0 Å². The lowest BCUT2D eigenvalue weighted by molar-refractivity contribution is -0.141. The van der Waals surface area contributed by atoms with Crippen molar-refractivity contribution in [2.45, 2.75) is 19.0 Å². The van der Waals surface area contributed by atoms with Crippen molar-refractivity contribution in [3.8, 4) is 5.75 Å².